The minimum atomic E-state index is -0.706. The van der Waals surface area contributed by atoms with E-state index in [2.05, 4.69) is 4.99 Å². The Morgan fingerprint density at radius 1 is 1.10 bits per heavy atom. The molecule has 2 aromatic rings. The van der Waals surface area contributed by atoms with E-state index in [1.807, 2.05) is 54.8 Å². The molecule has 2 aromatic carbocycles. The van der Waals surface area contributed by atoms with Gasteiger partial charge >= 0.3 is 36.0 Å². The molecule has 0 bridgehead atoms. The van der Waals surface area contributed by atoms with Gasteiger partial charge in [0.25, 0.3) is 0 Å². The maximum atomic E-state index is 9.95. The molecule has 0 aromatic heterocycles. The van der Waals surface area contributed by atoms with Crippen molar-refractivity contribution in [3.8, 4) is 5.75 Å². The van der Waals surface area contributed by atoms with Crippen molar-refractivity contribution in [1.82, 2.24) is 0 Å². The topological polar surface area (TPSA) is 32.6 Å². The number of phenols is 1. The van der Waals surface area contributed by atoms with Gasteiger partial charge in [0, 0.05) is 16.7 Å². The van der Waals surface area contributed by atoms with Gasteiger partial charge in [-0.1, -0.05) is 24.3 Å². The Kier molecular flexibility index (Phi) is 9.10. The predicted molar refractivity (Wildman–Crippen MR) is 85.3 cm³/mol. The Balaban J connectivity index is 0.000000612. The molecule has 0 fully saturated rings. The summed E-state index contributed by atoms with van der Waals surface area (Å²) in [7, 11) is 9.83. The fourth-order valence-electron chi connectivity index (χ4n) is 1.47. The summed E-state index contributed by atoms with van der Waals surface area (Å²) in [5.74, 6) is 0.291. The van der Waals surface area contributed by atoms with Gasteiger partial charge in [0.05, 0.1) is 5.69 Å². The van der Waals surface area contributed by atoms with E-state index in [0.29, 0.717) is 5.75 Å². The molecule has 20 heavy (non-hydrogen) atoms. The first kappa shape index (κ1) is 17.6. The molecule has 2 rings (SSSR count). The first-order valence-corrected chi connectivity index (χ1v) is 12.5. The first-order chi connectivity index (χ1) is 9.72. The average molecular weight is 407 g/mol. The van der Waals surface area contributed by atoms with E-state index < -0.39 is 17.6 Å². The summed E-state index contributed by atoms with van der Waals surface area (Å²) in [5.41, 5.74) is 1.61. The summed E-state index contributed by atoms with van der Waals surface area (Å²) < 4.78 is 0. The Labute approximate surface area is 140 Å². The molecule has 0 saturated heterocycles. The summed E-state index contributed by atoms with van der Waals surface area (Å²) in [6, 6.07) is 15.3. The van der Waals surface area contributed by atoms with Gasteiger partial charge in [-0.2, -0.15) is 0 Å². The van der Waals surface area contributed by atoms with Gasteiger partial charge in [0.1, 0.15) is 5.75 Å². The van der Waals surface area contributed by atoms with Gasteiger partial charge in [-0.15, -0.1) is 11.8 Å². The molecule has 0 aliphatic carbocycles. The van der Waals surface area contributed by atoms with Gasteiger partial charge in [0.15, 0.2) is 0 Å². The van der Waals surface area contributed by atoms with Crippen LogP contribution in [0.3, 0.4) is 0 Å². The number of halogens is 2. The fourth-order valence-corrected chi connectivity index (χ4v) is 1.99. The van der Waals surface area contributed by atoms with Crippen LogP contribution in [-0.2, 0) is 17.6 Å². The first-order valence-electron chi connectivity index (χ1n) is 5.60. The maximum absolute atomic E-state index is 9.95. The minimum absolute atomic E-state index is 0.291. The van der Waals surface area contributed by atoms with Crippen molar-refractivity contribution in [3.63, 3.8) is 0 Å². The van der Waals surface area contributed by atoms with Crippen molar-refractivity contribution >= 4 is 42.0 Å². The second-order valence-electron chi connectivity index (χ2n) is 3.56. The van der Waals surface area contributed by atoms with Crippen LogP contribution in [0.5, 0.6) is 5.75 Å². The molecule has 0 aliphatic heterocycles. The molecule has 0 heterocycles. The van der Waals surface area contributed by atoms with Gasteiger partial charge in [0.2, 0.25) is 0 Å². The molecule has 0 spiro atoms. The molecule has 0 saturated carbocycles. The molecule has 0 unspecified atom stereocenters. The fraction of sp³-hybridized carbons (Fsp3) is 0.0714. The van der Waals surface area contributed by atoms with Crippen LogP contribution in [0, 0.1) is 0 Å². The number of para-hydroxylation sites is 2. The van der Waals surface area contributed by atoms with Gasteiger partial charge < -0.3 is 5.11 Å². The van der Waals surface area contributed by atoms with Crippen molar-refractivity contribution in [3.05, 3.63) is 54.1 Å². The van der Waals surface area contributed by atoms with E-state index in [0.717, 1.165) is 16.1 Å². The molecule has 0 aliphatic rings. The Morgan fingerprint density at radius 3 is 2.35 bits per heavy atom. The molecule has 105 valence electrons. The Bertz CT molecular complexity index is 552. The van der Waals surface area contributed by atoms with E-state index in [4.69, 9.17) is 18.4 Å². The van der Waals surface area contributed by atoms with Crippen LogP contribution in [-0.4, -0.2) is 17.6 Å². The molecule has 2 nitrogen and oxygen atoms in total. The van der Waals surface area contributed by atoms with Crippen molar-refractivity contribution in [2.75, 3.05) is 6.26 Å². The Hall–Kier alpha value is -0.420. The summed E-state index contributed by atoms with van der Waals surface area (Å²) >= 11 is 0.814. The summed E-state index contributed by atoms with van der Waals surface area (Å²) in [6.07, 6.45) is 3.62. The van der Waals surface area contributed by atoms with Crippen LogP contribution in [0.1, 0.15) is 5.56 Å². The van der Waals surface area contributed by atoms with Gasteiger partial charge in [-0.05, 0) is 30.5 Å². The number of nitrogens with zero attached hydrogens (tertiary/aromatic N) is 1. The van der Waals surface area contributed by atoms with Crippen molar-refractivity contribution in [2.45, 2.75) is 4.90 Å². The monoisotopic (exact) mass is 406 g/mol. The number of phenolic OH excluding ortho intramolecular Hbond substituents is 1. The molecule has 6 heteroatoms. The number of thioether (sulfide) groups is 1. The normalized spacial score (nSPS) is 9.95. The van der Waals surface area contributed by atoms with E-state index in [-0.39, 0.29) is 0 Å². The van der Waals surface area contributed by atoms with Crippen molar-refractivity contribution in [1.29, 1.82) is 0 Å². The number of aliphatic imine (C=N–C) groups is 1. The summed E-state index contributed by atoms with van der Waals surface area (Å²) in [6.45, 7) is 0. The van der Waals surface area contributed by atoms with Crippen LogP contribution in [0.2, 0.25) is 0 Å². The van der Waals surface area contributed by atoms with Crippen LogP contribution in [0.25, 0.3) is 0 Å². The molecule has 0 radical (unpaired) electrons. The predicted octanol–water partition coefficient (Wildman–Crippen LogP) is 5.24. The SMILES string of the molecule is CSc1cccc(C=Nc2ccccc2)c1O.[Cl][Nb][Cl]. The third kappa shape index (κ3) is 5.92. The number of hydrogen-bond donors (Lipinski definition) is 1. The van der Waals surface area contributed by atoms with E-state index >= 15 is 0 Å². The third-order valence-corrected chi connectivity index (χ3v) is 3.13. The summed E-state index contributed by atoms with van der Waals surface area (Å²) in [5, 5.41) is 9.95. The molecule has 0 amide bonds. The quantitative estimate of drug-likeness (QED) is 0.429. The van der Waals surface area contributed by atoms with Crippen molar-refractivity contribution in [2.24, 2.45) is 4.99 Å². The number of benzene rings is 2. The average Bonchev–Trinajstić information content (AvgIpc) is 2.48. The van der Waals surface area contributed by atoms with Gasteiger partial charge in [-0.25, -0.2) is 0 Å². The Morgan fingerprint density at radius 2 is 1.75 bits per heavy atom. The van der Waals surface area contributed by atoms with Crippen LogP contribution in [0.15, 0.2) is 58.4 Å². The van der Waals surface area contributed by atoms with E-state index in [9.17, 15) is 5.11 Å². The van der Waals surface area contributed by atoms with Crippen molar-refractivity contribution < 1.29 is 22.7 Å². The zero-order valence-electron chi connectivity index (χ0n) is 10.7. The van der Waals surface area contributed by atoms with E-state index in [1.165, 1.54) is 11.8 Å². The molecule has 1 N–H and O–H groups in total. The number of hydrogen-bond acceptors (Lipinski definition) is 3. The number of rotatable bonds is 3. The van der Waals surface area contributed by atoms with E-state index in [1.54, 1.807) is 6.21 Å². The second-order valence-corrected chi connectivity index (χ2v) is 7.74. The zero-order chi connectivity index (χ0) is 14.8. The van der Waals surface area contributed by atoms with Crippen LogP contribution in [0.4, 0.5) is 5.69 Å². The zero-order valence-corrected chi connectivity index (χ0v) is 15.2. The molecule has 0 atom stereocenters. The summed E-state index contributed by atoms with van der Waals surface area (Å²) in [4.78, 5) is 5.18. The van der Waals surface area contributed by atoms with Gasteiger partial charge in [-0.3, -0.25) is 4.99 Å². The number of aromatic hydroxyl groups is 1. The molecular formula is C14H13Cl2NNbOS. The standard InChI is InChI=1S/C14H13NOS.2ClH.Nb/c1-17-13-9-5-6-11(14(13)16)10-15-12-7-3-2-4-8-12;;;/h2-10,16H,1H3;2*1H;/q;;;+2/p-2. The third-order valence-electron chi connectivity index (χ3n) is 2.36. The molecular weight excluding hydrogens is 394 g/mol. The van der Waals surface area contributed by atoms with Crippen LogP contribution < -0.4 is 0 Å². The van der Waals surface area contributed by atoms with Crippen LogP contribution >= 0.6 is 30.1 Å². The second kappa shape index (κ2) is 10.3.